The van der Waals surface area contributed by atoms with Crippen molar-refractivity contribution in [1.82, 2.24) is 30.0 Å². The van der Waals surface area contributed by atoms with Crippen molar-refractivity contribution < 1.29 is 56.9 Å². The van der Waals surface area contributed by atoms with Gasteiger partial charge in [0.25, 0.3) is 17.9 Å². The van der Waals surface area contributed by atoms with Gasteiger partial charge in [-0.05, 0) is 36.1 Å². The van der Waals surface area contributed by atoms with E-state index in [-0.39, 0.29) is 22.9 Å². The fourth-order valence-electron chi connectivity index (χ4n) is 5.52. The Kier molecular flexibility index (Phi) is 7.51. The number of carbonyl (C=O) groups excluding carboxylic acids is 1. The first-order valence-electron chi connectivity index (χ1n) is 13.3. The number of aromatic nitrogens is 5. The van der Waals surface area contributed by atoms with Crippen LogP contribution in [-0.4, -0.2) is 44.6 Å². The molecule has 11 nitrogen and oxygen atoms in total. The van der Waals surface area contributed by atoms with Gasteiger partial charge in [-0.15, -0.1) is 0 Å². The lowest BCUT2D eigenvalue weighted by Crippen LogP contribution is -2.36. The topological polar surface area (TPSA) is 149 Å². The maximum Gasteiger partial charge on any atom is 0.534 e. The van der Waals surface area contributed by atoms with Crippen LogP contribution in [0, 0.1) is 17.6 Å². The molecule has 3 aromatic heterocycles. The summed E-state index contributed by atoms with van der Waals surface area (Å²) in [5, 5.41) is 5.45. The zero-order valence-corrected chi connectivity index (χ0v) is 23.8. The first-order valence-corrected chi connectivity index (χ1v) is 14.7. The summed E-state index contributed by atoms with van der Waals surface area (Å²) in [5.41, 5.74) is -9.76. The van der Waals surface area contributed by atoms with E-state index in [0.717, 1.165) is 18.2 Å². The lowest BCUT2D eigenvalue weighted by molar-refractivity contribution is -0.123. The predicted molar refractivity (Wildman–Crippen MR) is 139 cm³/mol. The molecule has 0 bridgehead atoms. The molecular weight excluding hydrogens is 679 g/mol. The summed E-state index contributed by atoms with van der Waals surface area (Å²) in [4.78, 5) is 35.7. The molecule has 1 saturated carbocycles. The molecule has 2 aliphatic rings. The summed E-state index contributed by atoms with van der Waals surface area (Å²) >= 11 is 0. The third kappa shape index (κ3) is 5.87. The van der Waals surface area contributed by atoms with Crippen LogP contribution in [0.5, 0.6) is 5.88 Å². The van der Waals surface area contributed by atoms with Crippen LogP contribution >= 0.6 is 0 Å². The van der Waals surface area contributed by atoms with Crippen molar-refractivity contribution in [2.75, 3.05) is 0 Å². The Morgan fingerprint density at radius 1 is 1.13 bits per heavy atom. The molecule has 1 fully saturated rings. The number of hydrogen-bond donors (Lipinski definition) is 2. The molecule has 0 saturated heterocycles. The van der Waals surface area contributed by atoms with Gasteiger partial charge in [0.2, 0.25) is 11.8 Å². The number of halogens is 9. The standard InChI is InChI=1S/C26H17F9N6O5S/c27-10-3-9(4-11(28)6-10)5-15(23-38-22-12(24(43)39-23)1-2-17(37-22)46-47(44,45)26(33,34)35)36-16(42)8-41-20-18(19(40-41)21(29)30)13-7-14(13)25(20,31)32/h1-4,6,13-15,21H,5,7-8H2,(H,36,42)(H,37,38,39,43)/t13-,14+,15-/m0/s1. The maximum atomic E-state index is 15.0. The second kappa shape index (κ2) is 10.9. The van der Waals surface area contributed by atoms with Crippen LogP contribution in [0.25, 0.3) is 11.0 Å². The third-order valence-electron chi connectivity index (χ3n) is 7.53. The van der Waals surface area contributed by atoms with Gasteiger partial charge in [-0.3, -0.25) is 14.3 Å². The molecular formula is C26H17F9N6O5S. The van der Waals surface area contributed by atoms with Crippen LogP contribution in [0.2, 0.25) is 0 Å². The molecule has 1 amide bonds. The van der Waals surface area contributed by atoms with E-state index in [0.29, 0.717) is 16.8 Å². The largest absolute Gasteiger partial charge is 0.534 e. The molecule has 3 atom stereocenters. The number of nitrogens with zero attached hydrogens (tertiary/aromatic N) is 4. The van der Waals surface area contributed by atoms with E-state index in [1.807, 2.05) is 0 Å². The summed E-state index contributed by atoms with van der Waals surface area (Å²) in [6, 6.07) is 2.10. The van der Waals surface area contributed by atoms with Crippen molar-refractivity contribution in [2.24, 2.45) is 5.92 Å². The van der Waals surface area contributed by atoms with E-state index in [9.17, 15) is 57.5 Å². The molecule has 47 heavy (non-hydrogen) atoms. The fraction of sp³-hybridized carbons (Fsp3) is 0.346. The number of benzene rings is 1. The van der Waals surface area contributed by atoms with Gasteiger partial charge in [0.1, 0.15) is 35.4 Å². The van der Waals surface area contributed by atoms with Gasteiger partial charge in [-0.2, -0.15) is 40.5 Å². The molecule has 0 unspecified atom stereocenters. The minimum atomic E-state index is -6.18. The van der Waals surface area contributed by atoms with Gasteiger partial charge in [0, 0.05) is 30.0 Å². The Labute approximate surface area is 255 Å². The number of nitrogens with one attached hydrogen (secondary N) is 2. The number of pyridine rings is 1. The number of fused-ring (bicyclic) bond motifs is 4. The van der Waals surface area contributed by atoms with Crippen molar-refractivity contribution >= 4 is 27.1 Å². The highest BCUT2D eigenvalue weighted by atomic mass is 32.2. The Morgan fingerprint density at radius 2 is 1.81 bits per heavy atom. The van der Waals surface area contributed by atoms with Crippen LogP contribution in [0.15, 0.2) is 35.1 Å². The lowest BCUT2D eigenvalue weighted by Gasteiger charge is -2.20. The maximum absolute atomic E-state index is 15.0. The summed E-state index contributed by atoms with van der Waals surface area (Å²) in [6.45, 7) is -1.04. The van der Waals surface area contributed by atoms with Crippen LogP contribution in [0.4, 0.5) is 39.5 Å². The molecule has 0 radical (unpaired) electrons. The van der Waals surface area contributed by atoms with Gasteiger partial charge < -0.3 is 14.5 Å². The van der Waals surface area contributed by atoms with E-state index < -0.39 is 111 Å². The zero-order valence-electron chi connectivity index (χ0n) is 23.0. The molecule has 6 rings (SSSR count). The van der Waals surface area contributed by atoms with E-state index >= 15 is 0 Å². The molecule has 250 valence electrons. The molecule has 0 spiro atoms. The number of alkyl halides is 7. The van der Waals surface area contributed by atoms with Crippen LogP contribution in [0.1, 0.15) is 53.1 Å². The summed E-state index contributed by atoms with van der Waals surface area (Å²) in [5.74, 6) is -10.6. The van der Waals surface area contributed by atoms with E-state index in [4.69, 9.17) is 0 Å². The Morgan fingerprint density at radius 3 is 2.45 bits per heavy atom. The number of aromatic amines is 1. The van der Waals surface area contributed by atoms with E-state index in [1.54, 1.807) is 0 Å². The van der Waals surface area contributed by atoms with Crippen LogP contribution in [0.3, 0.4) is 0 Å². The third-order valence-corrected chi connectivity index (χ3v) is 8.49. The first-order chi connectivity index (χ1) is 21.9. The number of H-pyrrole nitrogens is 1. The predicted octanol–water partition coefficient (Wildman–Crippen LogP) is 4.27. The Bertz CT molecular complexity index is 2080. The smallest absolute Gasteiger partial charge is 0.355 e. The average molecular weight is 697 g/mol. The highest BCUT2D eigenvalue weighted by molar-refractivity contribution is 7.87. The molecule has 21 heteroatoms. The SMILES string of the molecule is O=C(Cn1nc(C(F)F)c2c1C(F)(F)[C@@H]1C[C@H]21)N[C@@H](Cc1cc(F)cc(F)c1)c1nc2nc(OS(=O)(=O)C(F)(F)F)ccc2c(=O)[nH]1. The van der Waals surface area contributed by atoms with Crippen molar-refractivity contribution in [3.8, 4) is 5.88 Å². The highest BCUT2D eigenvalue weighted by Crippen LogP contribution is 2.68. The molecule has 2 aliphatic carbocycles. The fourth-order valence-corrected chi connectivity index (χ4v) is 5.94. The van der Waals surface area contributed by atoms with E-state index in [2.05, 4.69) is 29.6 Å². The zero-order chi connectivity index (χ0) is 34.2. The first kappa shape index (κ1) is 32.3. The minimum absolute atomic E-state index is 0.0339. The Hall–Kier alpha value is -4.69. The van der Waals surface area contributed by atoms with Gasteiger partial charge in [0.05, 0.1) is 11.4 Å². The van der Waals surface area contributed by atoms with E-state index in [1.165, 1.54) is 0 Å². The second-order valence-electron chi connectivity index (χ2n) is 10.7. The number of hydrogen-bond acceptors (Lipinski definition) is 8. The normalized spacial score (nSPS) is 19.0. The van der Waals surface area contributed by atoms with Crippen molar-refractivity contribution in [1.29, 1.82) is 0 Å². The molecule has 0 aliphatic heterocycles. The second-order valence-corrected chi connectivity index (χ2v) is 12.3. The Balaban J connectivity index is 1.36. The van der Waals surface area contributed by atoms with Crippen molar-refractivity contribution in [3.63, 3.8) is 0 Å². The van der Waals surface area contributed by atoms with Gasteiger partial charge in [-0.25, -0.2) is 22.5 Å². The summed E-state index contributed by atoms with van der Waals surface area (Å²) < 4.78 is 151. The molecule has 4 aromatic rings. The van der Waals surface area contributed by atoms with Crippen molar-refractivity contribution in [2.45, 2.75) is 49.2 Å². The van der Waals surface area contributed by atoms with Gasteiger partial charge in [-0.1, -0.05) is 0 Å². The molecule has 1 aromatic carbocycles. The lowest BCUT2D eigenvalue weighted by atomic mass is 10.0. The minimum Gasteiger partial charge on any atom is -0.355 e. The molecule has 3 heterocycles. The van der Waals surface area contributed by atoms with Crippen LogP contribution in [-0.2, 0) is 33.8 Å². The van der Waals surface area contributed by atoms with Crippen molar-refractivity contribution in [3.05, 3.63) is 80.7 Å². The summed E-state index contributed by atoms with van der Waals surface area (Å²) in [7, 11) is -6.18. The monoisotopic (exact) mass is 696 g/mol. The number of carbonyl (C=O) groups is 1. The average Bonchev–Trinajstić information content (AvgIpc) is 3.60. The van der Waals surface area contributed by atoms with Gasteiger partial charge >= 0.3 is 15.6 Å². The summed E-state index contributed by atoms with van der Waals surface area (Å²) in [6.07, 6.45) is -3.81. The highest BCUT2D eigenvalue weighted by Gasteiger charge is 2.67. The quantitative estimate of drug-likeness (QED) is 0.150. The number of amides is 1. The molecule has 2 N–H and O–H groups in total. The van der Waals surface area contributed by atoms with Gasteiger partial charge in [0.15, 0.2) is 5.65 Å². The number of rotatable bonds is 9. The van der Waals surface area contributed by atoms with Crippen LogP contribution < -0.4 is 15.1 Å².